The van der Waals surface area contributed by atoms with Crippen LogP contribution in [0.4, 0.5) is 0 Å². The number of rotatable bonds is 7. The molecule has 0 aliphatic carbocycles. The van der Waals surface area contributed by atoms with Crippen LogP contribution in [-0.4, -0.2) is 39.5 Å². The molecule has 10 heteroatoms. The van der Waals surface area contributed by atoms with Gasteiger partial charge in [-0.3, -0.25) is 9.20 Å². The van der Waals surface area contributed by atoms with E-state index in [1.807, 2.05) is 47.9 Å². The minimum atomic E-state index is -0.606. The molecule has 8 nitrogen and oxygen atoms in total. The zero-order chi connectivity index (χ0) is 22.2. The number of pyridine rings is 1. The van der Waals surface area contributed by atoms with Gasteiger partial charge in [0.25, 0.3) is 5.91 Å². The van der Waals surface area contributed by atoms with Gasteiger partial charge in [-0.25, -0.2) is 4.98 Å². The number of halogens is 1. The molecule has 4 heterocycles. The van der Waals surface area contributed by atoms with Gasteiger partial charge in [-0.15, -0.1) is 11.3 Å². The van der Waals surface area contributed by atoms with E-state index >= 15 is 0 Å². The molecule has 1 aliphatic rings. The molecule has 1 aliphatic heterocycles. The summed E-state index contributed by atoms with van der Waals surface area (Å²) in [7, 11) is 0. The number of fused-ring (bicyclic) bond motifs is 1. The maximum Gasteiger partial charge on any atom is 0.264 e. The van der Waals surface area contributed by atoms with Gasteiger partial charge in [0.2, 0.25) is 5.88 Å². The first-order chi connectivity index (χ1) is 15.5. The van der Waals surface area contributed by atoms with Crippen LogP contribution in [0.15, 0.2) is 48.8 Å². The molecule has 1 aromatic carbocycles. The molecule has 0 radical (unpaired) electrons. The third-order valence-corrected chi connectivity index (χ3v) is 6.61. The molecule has 1 fully saturated rings. The van der Waals surface area contributed by atoms with Crippen LogP contribution in [0.1, 0.15) is 28.3 Å². The van der Waals surface area contributed by atoms with E-state index in [4.69, 9.17) is 26.8 Å². The lowest BCUT2D eigenvalue weighted by Gasteiger charge is -2.27. The van der Waals surface area contributed by atoms with Crippen molar-refractivity contribution in [2.75, 3.05) is 13.1 Å². The molecule has 0 unspecified atom stereocenters. The van der Waals surface area contributed by atoms with E-state index in [2.05, 4.69) is 15.3 Å². The highest BCUT2D eigenvalue weighted by Gasteiger charge is 2.24. The smallest absolute Gasteiger partial charge is 0.264 e. The number of benzene rings is 1. The minimum absolute atomic E-state index is 0.159. The van der Waals surface area contributed by atoms with E-state index in [-0.39, 0.29) is 16.9 Å². The standard InChI is InChI=1S/C22H20ClN5O3S/c1-12(15-4-2-3-5-16(15)23)30-21-19(20(24)29)32-22(27-21)17-10-26-18-7-6-13(11-28(17)18)31-14-8-25-9-14/h2-7,10-12,14,25H,8-9H2,1H3,(H2,24,29)/t12-/m1/s1. The molecule has 3 aromatic heterocycles. The molecule has 164 valence electrons. The first-order valence-corrected chi connectivity index (χ1v) is 11.3. The van der Waals surface area contributed by atoms with Crippen molar-refractivity contribution < 1.29 is 14.3 Å². The van der Waals surface area contributed by atoms with Crippen molar-refractivity contribution in [3.63, 3.8) is 0 Å². The summed E-state index contributed by atoms with van der Waals surface area (Å²) in [5, 5.41) is 4.32. The average molecular weight is 470 g/mol. The normalized spacial score (nSPS) is 14.8. The fraction of sp³-hybridized carbons (Fsp3) is 0.227. The van der Waals surface area contributed by atoms with E-state index in [1.54, 1.807) is 12.3 Å². The Balaban J connectivity index is 1.49. The highest BCUT2D eigenvalue weighted by molar-refractivity contribution is 7.17. The maximum absolute atomic E-state index is 12.1. The first-order valence-electron chi connectivity index (χ1n) is 10.1. The Morgan fingerprint density at radius 2 is 2.12 bits per heavy atom. The summed E-state index contributed by atoms with van der Waals surface area (Å²) in [4.78, 5) is 21.4. The fourth-order valence-electron chi connectivity index (χ4n) is 3.41. The van der Waals surface area contributed by atoms with Gasteiger partial charge >= 0.3 is 0 Å². The maximum atomic E-state index is 12.1. The third kappa shape index (κ3) is 3.90. The quantitative estimate of drug-likeness (QED) is 0.427. The van der Waals surface area contributed by atoms with E-state index < -0.39 is 12.0 Å². The van der Waals surface area contributed by atoms with Crippen LogP contribution >= 0.6 is 22.9 Å². The Bertz CT molecular complexity index is 1300. The van der Waals surface area contributed by atoms with Crippen LogP contribution in [0.25, 0.3) is 16.3 Å². The van der Waals surface area contributed by atoms with Gasteiger partial charge in [0.05, 0.1) is 12.4 Å². The van der Waals surface area contributed by atoms with Crippen molar-refractivity contribution in [3.8, 4) is 22.3 Å². The van der Waals surface area contributed by atoms with E-state index in [0.717, 1.165) is 41.4 Å². The van der Waals surface area contributed by atoms with Crippen molar-refractivity contribution >= 4 is 34.5 Å². The molecule has 1 saturated heterocycles. The molecular weight excluding hydrogens is 450 g/mol. The summed E-state index contributed by atoms with van der Waals surface area (Å²) >= 11 is 7.45. The van der Waals surface area contributed by atoms with E-state index in [1.165, 1.54) is 0 Å². The molecule has 0 bridgehead atoms. The Kier molecular flexibility index (Phi) is 5.46. The zero-order valence-corrected chi connectivity index (χ0v) is 18.7. The van der Waals surface area contributed by atoms with Crippen molar-refractivity contribution in [2.24, 2.45) is 5.73 Å². The predicted octanol–water partition coefficient (Wildman–Crippen LogP) is 3.70. The molecule has 1 atom stereocenters. The van der Waals surface area contributed by atoms with Gasteiger partial charge < -0.3 is 20.5 Å². The molecular formula is C22H20ClN5O3S. The summed E-state index contributed by atoms with van der Waals surface area (Å²) < 4.78 is 13.9. The van der Waals surface area contributed by atoms with Crippen molar-refractivity contribution in [3.05, 3.63) is 64.3 Å². The highest BCUT2D eigenvalue weighted by atomic mass is 35.5. The molecule has 32 heavy (non-hydrogen) atoms. The third-order valence-electron chi connectivity index (χ3n) is 5.20. The number of carbonyl (C=O) groups is 1. The van der Waals surface area contributed by atoms with Gasteiger partial charge in [-0.1, -0.05) is 29.8 Å². The van der Waals surface area contributed by atoms with Gasteiger partial charge in [0.15, 0.2) is 4.88 Å². The lowest BCUT2D eigenvalue weighted by atomic mass is 10.1. The molecule has 4 aromatic rings. The molecule has 1 amide bonds. The minimum Gasteiger partial charge on any atom is -0.486 e. The molecule has 3 N–H and O–H groups in total. The average Bonchev–Trinajstić information content (AvgIpc) is 3.34. The summed E-state index contributed by atoms with van der Waals surface area (Å²) in [6.45, 7) is 3.50. The van der Waals surface area contributed by atoms with E-state index in [0.29, 0.717) is 15.7 Å². The molecule has 0 saturated carbocycles. The first kappa shape index (κ1) is 20.7. The SMILES string of the molecule is C[C@@H](Oc1nc(-c2cnc3ccc(OC4CNC4)cn23)sc1C(N)=O)c1ccccc1Cl. The van der Waals surface area contributed by atoms with Crippen molar-refractivity contribution in [2.45, 2.75) is 19.1 Å². The number of ether oxygens (including phenoxy) is 2. The summed E-state index contributed by atoms with van der Waals surface area (Å²) in [5.74, 6) is 0.303. The number of thiazole rings is 1. The van der Waals surface area contributed by atoms with Gasteiger partial charge in [-0.05, 0) is 25.1 Å². The fourth-order valence-corrected chi connectivity index (χ4v) is 4.56. The van der Waals surface area contributed by atoms with Gasteiger partial charge in [-0.2, -0.15) is 4.98 Å². The van der Waals surface area contributed by atoms with Crippen molar-refractivity contribution in [1.29, 1.82) is 0 Å². The zero-order valence-electron chi connectivity index (χ0n) is 17.1. The largest absolute Gasteiger partial charge is 0.486 e. The lowest BCUT2D eigenvalue weighted by molar-refractivity contribution is 0.0997. The Hall–Kier alpha value is -3.14. The number of nitrogens with two attached hydrogens (primary N) is 1. The second-order valence-electron chi connectivity index (χ2n) is 7.43. The second kappa shape index (κ2) is 8.42. The number of nitrogens with zero attached hydrogens (tertiary/aromatic N) is 3. The lowest BCUT2D eigenvalue weighted by Crippen LogP contribution is -2.50. The number of hydrogen-bond donors (Lipinski definition) is 2. The number of amides is 1. The summed E-state index contributed by atoms with van der Waals surface area (Å²) in [6, 6.07) is 11.1. The topological polar surface area (TPSA) is 104 Å². The number of carbonyl (C=O) groups excluding carboxylic acids is 1. The Morgan fingerprint density at radius 1 is 1.31 bits per heavy atom. The van der Waals surface area contributed by atoms with Crippen LogP contribution in [0, 0.1) is 0 Å². The Labute approximate surface area is 193 Å². The van der Waals surface area contributed by atoms with Crippen LogP contribution in [0.3, 0.4) is 0 Å². The highest BCUT2D eigenvalue weighted by Crippen LogP contribution is 2.36. The molecule has 0 spiro atoms. The number of aromatic nitrogens is 3. The Morgan fingerprint density at radius 3 is 2.84 bits per heavy atom. The monoisotopic (exact) mass is 469 g/mol. The molecule has 5 rings (SSSR count). The second-order valence-corrected chi connectivity index (χ2v) is 8.84. The van der Waals surface area contributed by atoms with E-state index in [9.17, 15) is 4.79 Å². The number of nitrogens with one attached hydrogen (secondary N) is 1. The number of primary amides is 1. The predicted molar refractivity (Wildman–Crippen MR) is 123 cm³/mol. The number of imidazole rings is 1. The number of hydrogen-bond acceptors (Lipinski definition) is 7. The van der Waals surface area contributed by atoms with Crippen LogP contribution in [-0.2, 0) is 0 Å². The van der Waals surface area contributed by atoms with Crippen LogP contribution < -0.4 is 20.5 Å². The summed E-state index contributed by atoms with van der Waals surface area (Å²) in [5.41, 5.74) is 7.86. The van der Waals surface area contributed by atoms with Gasteiger partial charge in [0, 0.05) is 23.7 Å². The summed E-state index contributed by atoms with van der Waals surface area (Å²) in [6.07, 6.45) is 3.31. The van der Waals surface area contributed by atoms with Crippen LogP contribution in [0.5, 0.6) is 11.6 Å². The van der Waals surface area contributed by atoms with Crippen molar-refractivity contribution in [1.82, 2.24) is 19.7 Å². The van der Waals surface area contributed by atoms with Gasteiger partial charge in [0.1, 0.15) is 34.3 Å². The van der Waals surface area contributed by atoms with Crippen LogP contribution in [0.2, 0.25) is 5.02 Å².